The summed E-state index contributed by atoms with van der Waals surface area (Å²) in [6.07, 6.45) is 0.577. The van der Waals surface area contributed by atoms with Crippen molar-refractivity contribution in [3.63, 3.8) is 0 Å². The van der Waals surface area contributed by atoms with Gasteiger partial charge in [-0.1, -0.05) is 43.3 Å². The SMILES string of the molecule is CCCn1c(-c2ccccc2)ccc(CC(=O)O)c1=O. The molecule has 0 aliphatic rings. The van der Waals surface area contributed by atoms with Crippen molar-refractivity contribution in [2.75, 3.05) is 0 Å². The van der Waals surface area contributed by atoms with Gasteiger partial charge in [0.15, 0.2) is 0 Å². The molecule has 2 aromatic rings. The third-order valence-corrected chi connectivity index (χ3v) is 3.11. The van der Waals surface area contributed by atoms with E-state index in [0.29, 0.717) is 12.1 Å². The van der Waals surface area contributed by atoms with Crippen LogP contribution in [0, 0.1) is 0 Å². The fourth-order valence-electron chi connectivity index (χ4n) is 2.23. The molecule has 104 valence electrons. The van der Waals surface area contributed by atoms with Gasteiger partial charge in [-0.25, -0.2) is 0 Å². The zero-order valence-corrected chi connectivity index (χ0v) is 11.4. The van der Waals surface area contributed by atoms with Gasteiger partial charge in [-0.3, -0.25) is 9.59 Å². The first-order valence-corrected chi connectivity index (χ1v) is 6.63. The van der Waals surface area contributed by atoms with Crippen molar-refractivity contribution in [1.82, 2.24) is 4.57 Å². The molecule has 1 heterocycles. The van der Waals surface area contributed by atoms with E-state index in [1.165, 1.54) is 0 Å². The topological polar surface area (TPSA) is 59.3 Å². The summed E-state index contributed by atoms with van der Waals surface area (Å²) in [4.78, 5) is 23.2. The number of benzene rings is 1. The van der Waals surface area contributed by atoms with E-state index in [9.17, 15) is 9.59 Å². The van der Waals surface area contributed by atoms with E-state index in [4.69, 9.17) is 5.11 Å². The molecule has 0 saturated carbocycles. The fourth-order valence-corrected chi connectivity index (χ4v) is 2.23. The van der Waals surface area contributed by atoms with Crippen LogP contribution in [0.5, 0.6) is 0 Å². The maximum absolute atomic E-state index is 12.4. The van der Waals surface area contributed by atoms with E-state index >= 15 is 0 Å². The van der Waals surface area contributed by atoms with Gasteiger partial charge in [-0.15, -0.1) is 0 Å². The van der Waals surface area contributed by atoms with Crippen molar-refractivity contribution in [2.24, 2.45) is 0 Å². The van der Waals surface area contributed by atoms with Crippen LogP contribution in [0.25, 0.3) is 11.3 Å². The van der Waals surface area contributed by atoms with Gasteiger partial charge >= 0.3 is 5.97 Å². The van der Waals surface area contributed by atoms with Crippen molar-refractivity contribution in [2.45, 2.75) is 26.3 Å². The number of pyridine rings is 1. The van der Waals surface area contributed by atoms with E-state index in [1.54, 1.807) is 10.6 Å². The number of aliphatic carboxylic acids is 1. The summed E-state index contributed by atoms with van der Waals surface area (Å²) in [7, 11) is 0. The van der Waals surface area contributed by atoms with Gasteiger partial charge in [0.1, 0.15) is 0 Å². The summed E-state index contributed by atoms with van der Waals surface area (Å²) in [6.45, 7) is 2.57. The van der Waals surface area contributed by atoms with Gasteiger partial charge < -0.3 is 9.67 Å². The maximum Gasteiger partial charge on any atom is 0.308 e. The molecular formula is C16H17NO3. The lowest BCUT2D eigenvalue weighted by Crippen LogP contribution is -2.26. The van der Waals surface area contributed by atoms with E-state index in [-0.39, 0.29) is 12.0 Å². The predicted molar refractivity (Wildman–Crippen MR) is 77.8 cm³/mol. The number of rotatable bonds is 5. The zero-order valence-electron chi connectivity index (χ0n) is 11.4. The second-order valence-corrected chi connectivity index (χ2v) is 4.64. The highest BCUT2D eigenvalue weighted by atomic mass is 16.4. The van der Waals surface area contributed by atoms with Crippen molar-refractivity contribution >= 4 is 5.97 Å². The molecule has 20 heavy (non-hydrogen) atoms. The molecule has 0 unspecified atom stereocenters. The highest BCUT2D eigenvalue weighted by Crippen LogP contribution is 2.18. The second-order valence-electron chi connectivity index (χ2n) is 4.64. The van der Waals surface area contributed by atoms with Crippen LogP contribution in [0.15, 0.2) is 47.3 Å². The Morgan fingerprint density at radius 1 is 1.15 bits per heavy atom. The number of carbonyl (C=O) groups is 1. The lowest BCUT2D eigenvalue weighted by molar-refractivity contribution is -0.136. The number of hydrogen-bond donors (Lipinski definition) is 1. The molecule has 1 N–H and O–H groups in total. The van der Waals surface area contributed by atoms with Crippen molar-refractivity contribution in [3.05, 3.63) is 58.4 Å². The van der Waals surface area contributed by atoms with Crippen LogP contribution in [0.1, 0.15) is 18.9 Å². The Labute approximate surface area is 117 Å². The minimum Gasteiger partial charge on any atom is -0.481 e. The van der Waals surface area contributed by atoms with Gasteiger partial charge in [-0.2, -0.15) is 0 Å². The first-order chi connectivity index (χ1) is 9.63. The van der Waals surface area contributed by atoms with E-state index in [0.717, 1.165) is 17.7 Å². The van der Waals surface area contributed by atoms with Crippen LogP contribution in [0.2, 0.25) is 0 Å². The van der Waals surface area contributed by atoms with Gasteiger partial charge in [-0.05, 0) is 18.1 Å². The number of aromatic nitrogens is 1. The average Bonchev–Trinajstić information content (AvgIpc) is 2.44. The Bertz CT molecular complexity index is 659. The average molecular weight is 271 g/mol. The smallest absolute Gasteiger partial charge is 0.308 e. The third-order valence-electron chi connectivity index (χ3n) is 3.11. The zero-order chi connectivity index (χ0) is 14.5. The molecular weight excluding hydrogens is 254 g/mol. The van der Waals surface area contributed by atoms with Gasteiger partial charge in [0, 0.05) is 12.1 Å². The summed E-state index contributed by atoms with van der Waals surface area (Å²) in [5, 5.41) is 8.85. The molecule has 1 aromatic carbocycles. The normalized spacial score (nSPS) is 10.4. The highest BCUT2D eigenvalue weighted by Gasteiger charge is 2.12. The van der Waals surface area contributed by atoms with Gasteiger partial charge in [0.05, 0.1) is 12.1 Å². The first-order valence-electron chi connectivity index (χ1n) is 6.63. The van der Waals surface area contributed by atoms with Crippen LogP contribution < -0.4 is 5.56 Å². The molecule has 0 spiro atoms. The molecule has 0 fully saturated rings. The molecule has 0 atom stereocenters. The van der Waals surface area contributed by atoms with Gasteiger partial charge in [0.2, 0.25) is 0 Å². The minimum absolute atomic E-state index is 0.212. The molecule has 2 rings (SSSR count). The summed E-state index contributed by atoms with van der Waals surface area (Å²) in [5.74, 6) is -0.988. The number of carboxylic acid groups (broad SMARTS) is 1. The monoisotopic (exact) mass is 271 g/mol. The molecule has 0 amide bonds. The van der Waals surface area contributed by atoms with Crippen LogP contribution in [-0.2, 0) is 17.8 Å². The number of carboxylic acids is 1. The number of hydrogen-bond acceptors (Lipinski definition) is 2. The summed E-state index contributed by atoms with van der Waals surface area (Å²) in [6, 6.07) is 13.1. The summed E-state index contributed by atoms with van der Waals surface area (Å²) < 4.78 is 1.66. The van der Waals surface area contributed by atoms with Crippen LogP contribution >= 0.6 is 0 Å². The lowest BCUT2D eigenvalue weighted by Gasteiger charge is -2.13. The Hall–Kier alpha value is -2.36. The Morgan fingerprint density at radius 2 is 1.85 bits per heavy atom. The molecule has 0 aliphatic carbocycles. The van der Waals surface area contributed by atoms with E-state index in [2.05, 4.69) is 0 Å². The second kappa shape index (κ2) is 6.19. The van der Waals surface area contributed by atoms with Crippen LogP contribution in [-0.4, -0.2) is 15.6 Å². The highest BCUT2D eigenvalue weighted by molar-refractivity contribution is 5.70. The quantitative estimate of drug-likeness (QED) is 0.909. The maximum atomic E-state index is 12.4. The molecule has 0 bridgehead atoms. The van der Waals surface area contributed by atoms with E-state index in [1.807, 2.05) is 43.3 Å². The Kier molecular flexibility index (Phi) is 4.35. The largest absolute Gasteiger partial charge is 0.481 e. The van der Waals surface area contributed by atoms with Crippen molar-refractivity contribution in [1.29, 1.82) is 0 Å². The molecule has 0 radical (unpaired) electrons. The predicted octanol–water partition coefficient (Wildman–Crippen LogP) is 2.55. The third kappa shape index (κ3) is 2.96. The van der Waals surface area contributed by atoms with E-state index < -0.39 is 5.97 Å². The summed E-state index contributed by atoms with van der Waals surface area (Å²) in [5.41, 5.74) is 1.90. The molecule has 4 nitrogen and oxygen atoms in total. The van der Waals surface area contributed by atoms with Gasteiger partial charge in [0.25, 0.3) is 5.56 Å². The van der Waals surface area contributed by atoms with Crippen LogP contribution in [0.4, 0.5) is 0 Å². The number of nitrogens with zero attached hydrogens (tertiary/aromatic N) is 1. The summed E-state index contributed by atoms with van der Waals surface area (Å²) >= 11 is 0. The molecule has 0 saturated heterocycles. The van der Waals surface area contributed by atoms with Crippen molar-refractivity contribution < 1.29 is 9.90 Å². The Balaban J connectivity index is 2.56. The van der Waals surface area contributed by atoms with Crippen LogP contribution in [0.3, 0.4) is 0 Å². The molecule has 1 aromatic heterocycles. The lowest BCUT2D eigenvalue weighted by atomic mass is 10.1. The standard InChI is InChI=1S/C16H17NO3/c1-2-10-17-14(12-6-4-3-5-7-12)9-8-13(16(17)20)11-15(18)19/h3-9H,2,10-11H2,1H3,(H,18,19). The first kappa shape index (κ1) is 14.1. The Morgan fingerprint density at radius 3 is 2.45 bits per heavy atom. The molecule has 0 aliphatic heterocycles. The van der Waals surface area contributed by atoms with Crippen molar-refractivity contribution in [3.8, 4) is 11.3 Å². The molecule has 4 heteroatoms. The fraction of sp³-hybridized carbons (Fsp3) is 0.250. The minimum atomic E-state index is -0.988.